The molecule has 0 unspecified atom stereocenters. The van der Waals surface area contributed by atoms with Crippen molar-refractivity contribution in [3.05, 3.63) is 135 Å². The Hall–Kier alpha value is -5.42. The predicted octanol–water partition coefficient (Wildman–Crippen LogP) is 16.4. The number of rotatable bonds is 17. The summed E-state index contributed by atoms with van der Waals surface area (Å²) in [4.78, 5) is 62.4. The number of benzene rings is 4. The minimum atomic E-state index is -0.888. The molecule has 412 valence electrons. The van der Waals surface area contributed by atoms with Gasteiger partial charge >= 0.3 is 17.9 Å². The fourth-order valence-corrected chi connectivity index (χ4v) is 9.36. The highest BCUT2D eigenvalue weighted by molar-refractivity contribution is 6.63. The van der Waals surface area contributed by atoms with Crippen LogP contribution in [-0.4, -0.2) is 51.3 Å². The van der Waals surface area contributed by atoms with E-state index in [-0.39, 0.29) is 58.2 Å². The van der Waals surface area contributed by atoms with Gasteiger partial charge in [0.05, 0.1) is 30.5 Å². The van der Waals surface area contributed by atoms with Crippen LogP contribution in [-0.2, 0) is 54.6 Å². The summed E-state index contributed by atoms with van der Waals surface area (Å²) in [7, 11) is 0. The van der Waals surface area contributed by atoms with Crippen molar-refractivity contribution >= 4 is 85.5 Å². The van der Waals surface area contributed by atoms with Gasteiger partial charge in [0.25, 0.3) is 0 Å². The van der Waals surface area contributed by atoms with Gasteiger partial charge < -0.3 is 23.3 Å². The van der Waals surface area contributed by atoms with Gasteiger partial charge in [-0.3, -0.25) is 24.0 Å². The van der Waals surface area contributed by atoms with Crippen molar-refractivity contribution in [2.45, 2.75) is 156 Å². The molecule has 0 bridgehead atoms. The van der Waals surface area contributed by atoms with Gasteiger partial charge in [-0.1, -0.05) is 121 Å². The summed E-state index contributed by atoms with van der Waals surface area (Å²) >= 11 is 17.3. The van der Waals surface area contributed by atoms with Gasteiger partial charge in [0.2, 0.25) is 5.24 Å². The maximum atomic E-state index is 14.1. The van der Waals surface area contributed by atoms with Gasteiger partial charge in [-0.05, 0) is 148 Å². The molecule has 0 spiro atoms. The molecule has 0 aliphatic heterocycles. The number of halogens is 3. The smallest absolute Gasteiger partial charge is 0.311 e. The van der Waals surface area contributed by atoms with E-state index in [4.69, 9.17) is 49.0 Å². The SMILES string of the molecule is CC(C)(C)CC(=O)Cl.CCOC(=O)C(C)(C)Cc1c(C(=O)CC(C)(C)C)c2cc(OC(=O)CC(C)(C)C)ccc2n1Cc1ccc(Cl)cc1.CCOC(=O)C(C)(C)Cc1cc2cc(C)ccc2n1Cc1ccc(Cl)cc1. The topological polar surface area (TPSA) is 123 Å². The monoisotopic (exact) mass is 1100 g/mol. The first kappa shape index (κ1) is 63.1. The molecule has 0 aliphatic rings. The maximum Gasteiger partial charge on any atom is 0.311 e. The zero-order valence-corrected chi connectivity index (χ0v) is 50.1. The Labute approximate surface area is 467 Å². The van der Waals surface area contributed by atoms with Crippen molar-refractivity contribution in [1.82, 2.24) is 9.13 Å². The number of carbonyl (C=O) groups excluding carboxylic acids is 5. The fraction of sp³-hybridized carbons (Fsp3) is 0.476. The molecule has 0 amide bonds. The molecular weight excluding hydrogens is 1020 g/mol. The van der Waals surface area contributed by atoms with Crippen LogP contribution in [0.3, 0.4) is 0 Å². The van der Waals surface area contributed by atoms with Gasteiger partial charge in [-0.2, -0.15) is 0 Å². The van der Waals surface area contributed by atoms with E-state index < -0.39 is 10.8 Å². The fourth-order valence-electron chi connectivity index (χ4n) is 8.71. The molecule has 4 aromatic carbocycles. The quantitative estimate of drug-likeness (QED) is 0.0383. The van der Waals surface area contributed by atoms with E-state index in [9.17, 15) is 24.0 Å². The van der Waals surface area contributed by atoms with Gasteiger partial charge in [0, 0.05) is 87.6 Å². The summed E-state index contributed by atoms with van der Waals surface area (Å²) in [5, 5.41) is 3.01. The Morgan fingerprint density at radius 3 is 1.47 bits per heavy atom. The van der Waals surface area contributed by atoms with Crippen LogP contribution >= 0.6 is 34.8 Å². The molecule has 0 saturated carbocycles. The third-order valence-electron chi connectivity index (χ3n) is 12.2. The number of ether oxygens (including phenoxy) is 3. The third kappa shape index (κ3) is 19.2. The normalized spacial score (nSPS) is 12.1. The van der Waals surface area contributed by atoms with E-state index >= 15 is 0 Å². The van der Waals surface area contributed by atoms with Crippen LogP contribution in [0.2, 0.25) is 10.0 Å². The molecule has 0 saturated heterocycles. The van der Waals surface area contributed by atoms with E-state index in [1.807, 2.05) is 152 Å². The van der Waals surface area contributed by atoms with Gasteiger partial charge in [0.1, 0.15) is 5.75 Å². The molecule has 2 aromatic heterocycles. The van der Waals surface area contributed by atoms with E-state index in [1.54, 1.807) is 19.1 Å². The zero-order chi connectivity index (χ0) is 57.1. The summed E-state index contributed by atoms with van der Waals surface area (Å²) in [5.41, 5.74) is 5.91. The molecule has 13 heteroatoms. The van der Waals surface area contributed by atoms with Crippen LogP contribution in [0.1, 0.15) is 162 Å². The lowest BCUT2D eigenvalue weighted by atomic mass is 9.83. The summed E-state index contributed by atoms with van der Waals surface area (Å²) in [6, 6.07) is 29.6. The largest absolute Gasteiger partial charge is 0.466 e. The molecular formula is C63H81Cl3N2O8. The summed E-state index contributed by atoms with van der Waals surface area (Å²) in [5.74, 6) is -0.455. The Kier molecular flexibility index (Phi) is 21.8. The number of carbonyl (C=O) groups is 5. The molecule has 6 aromatic rings. The number of fused-ring (bicyclic) bond motifs is 2. The van der Waals surface area contributed by atoms with E-state index in [1.165, 1.54) is 22.0 Å². The van der Waals surface area contributed by atoms with Crippen molar-refractivity contribution in [1.29, 1.82) is 0 Å². The summed E-state index contributed by atoms with van der Waals surface area (Å²) in [6.07, 6.45) is 1.94. The first-order chi connectivity index (χ1) is 35.1. The lowest BCUT2D eigenvalue weighted by Gasteiger charge is -2.25. The molecule has 76 heavy (non-hydrogen) atoms. The standard InChI is InChI=1S/C34H44ClNO5.C23H26ClNO2.C6H11ClO/c1-10-40-31(39)34(8,9)18-27-30(28(37)19-32(2,3)4)25-17-24(41-29(38)20-33(5,6)7)15-16-26(25)36(27)21-22-11-13-23(35)14-12-22;1-5-27-22(26)23(3,4)14-20-13-18-12-16(2)6-11-21(18)25(20)15-17-7-9-19(24)10-8-17;1-6(2,3)4-5(7)8/h11-17H,10,18-21H2,1-9H3;6-13H,5,14-15H2,1-4H3;4H2,1-3H3. The minimum Gasteiger partial charge on any atom is -0.466 e. The van der Waals surface area contributed by atoms with Gasteiger partial charge in [-0.15, -0.1) is 0 Å². The number of hydrogen-bond acceptors (Lipinski definition) is 8. The molecule has 0 fully saturated rings. The second-order valence-corrected chi connectivity index (χ2v) is 25.9. The Morgan fingerprint density at radius 1 is 0.539 bits per heavy atom. The molecule has 10 nitrogen and oxygen atoms in total. The number of nitrogens with zero attached hydrogens (tertiary/aromatic N) is 2. The molecule has 0 N–H and O–H groups in total. The van der Waals surface area contributed by atoms with Crippen LogP contribution in [0.4, 0.5) is 0 Å². The molecule has 6 rings (SSSR count). The predicted molar refractivity (Wildman–Crippen MR) is 311 cm³/mol. The maximum absolute atomic E-state index is 14.1. The van der Waals surface area contributed by atoms with Crippen molar-refractivity contribution < 1.29 is 38.2 Å². The Morgan fingerprint density at radius 2 is 1.01 bits per heavy atom. The van der Waals surface area contributed by atoms with Crippen molar-refractivity contribution in [2.75, 3.05) is 13.2 Å². The number of esters is 3. The highest BCUT2D eigenvalue weighted by atomic mass is 35.5. The first-order valence-corrected chi connectivity index (χ1v) is 27.2. The minimum absolute atomic E-state index is 0.0230. The second-order valence-electron chi connectivity index (χ2n) is 24.7. The first-order valence-electron chi connectivity index (χ1n) is 26.1. The zero-order valence-electron chi connectivity index (χ0n) is 47.8. The third-order valence-corrected chi connectivity index (χ3v) is 12.9. The van der Waals surface area contributed by atoms with E-state index in [0.717, 1.165) is 34.0 Å². The van der Waals surface area contributed by atoms with Crippen LogP contribution in [0.25, 0.3) is 21.8 Å². The van der Waals surface area contributed by atoms with Crippen LogP contribution in [0, 0.1) is 34.0 Å². The number of ketones is 1. The second kappa shape index (κ2) is 26.3. The van der Waals surface area contributed by atoms with Crippen LogP contribution in [0.15, 0.2) is 91.0 Å². The number of aromatic nitrogens is 2. The number of hydrogen-bond donors (Lipinski definition) is 0. The molecule has 2 heterocycles. The van der Waals surface area contributed by atoms with Crippen LogP contribution < -0.4 is 4.74 Å². The van der Waals surface area contributed by atoms with Crippen LogP contribution in [0.5, 0.6) is 5.75 Å². The highest BCUT2D eigenvalue weighted by Gasteiger charge is 2.36. The van der Waals surface area contributed by atoms with E-state index in [0.29, 0.717) is 60.6 Å². The van der Waals surface area contributed by atoms with Gasteiger partial charge in [0.15, 0.2) is 5.78 Å². The average Bonchev–Trinajstić information content (AvgIpc) is 3.75. The van der Waals surface area contributed by atoms with Crippen molar-refractivity contribution in [3.8, 4) is 5.75 Å². The summed E-state index contributed by atoms with van der Waals surface area (Å²) in [6.45, 7) is 33.1. The highest BCUT2D eigenvalue weighted by Crippen LogP contribution is 2.38. The van der Waals surface area contributed by atoms with Crippen molar-refractivity contribution in [2.24, 2.45) is 27.1 Å². The summed E-state index contributed by atoms with van der Waals surface area (Å²) < 4.78 is 20.8. The molecule has 0 aliphatic carbocycles. The molecule has 0 atom stereocenters. The Bertz CT molecular complexity index is 2980. The Balaban J connectivity index is 0.000000304. The average molecular weight is 1100 g/mol. The lowest BCUT2D eigenvalue weighted by molar-refractivity contribution is -0.154. The number of aryl methyl sites for hydroxylation is 1. The lowest BCUT2D eigenvalue weighted by Crippen LogP contribution is -2.31. The van der Waals surface area contributed by atoms with Crippen molar-refractivity contribution in [3.63, 3.8) is 0 Å². The molecule has 0 radical (unpaired) electrons. The van der Waals surface area contributed by atoms with E-state index in [2.05, 4.69) is 40.3 Å². The van der Waals surface area contributed by atoms with Gasteiger partial charge in [-0.25, -0.2) is 0 Å². The number of Topliss-reactive ketones (excluding diaryl/α,β-unsaturated/α-hetero) is 1.